The minimum Gasteiger partial charge on any atom is -0.369 e. The van der Waals surface area contributed by atoms with Crippen molar-refractivity contribution in [3.8, 4) is 0 Å². The zero-order valence-corrected chi connectivity index (χ0v) is 12.5. The summed E-state index contributed by atoms with van der Waals surface area (Å²) in [6.45, 7) is 5.11. The molecular weight excluding hydrogens is 266 g/mol. The van der Waals surface area contributed by atoms with Gasteiger partial charge in [-0.05, 0) is 36.8 Å². The van der Waals surface area contributed by atoms with E-state index in [1.165, 1.54) is 16.7 Å². The molecule has 1 aromatic carbocycles. The molecule has 0 aliphatic carbocycles. The van der Waals surface area contributed by atoms with E-state index in [0.717, 1.165) is 29.0 Å². The summed E-state index contributed by atoms with van der Waals surface area (Å²) in [4.78, 5) is 9.73. The molecule has 3 nitrogen and oxygen atoms in total. The van der Waals surface area contributed by atoms with Gasteiger partial charge >= 0.3 is 0 Å². The molecule has 3 aromatic rings. The molecule has 102 valence electrons. The fourth-order valence-corrected chi connectivity index (χ4v) is 3.23. The topological polar surface area (TPSA) is 37.8 Å². The number of benzene rings is 1. The van der Waals surface area contributed by atoms with Crippen LogP contribution < -0.4 is 5.32 Å². The molecule has 1 N–H and O–H groups in total. The van der Waals surface area contributed by atoms with E-state index in [0.29, 0.717) is 0 Å². The first-order valence-electron chi connectivity index (χ1n) is 6.72. The van der Waals surface area contributed by atoms with Crippen LogP contribution in [-0.2, 0) is 6.42 Å². The van der Waals surface area contributed by atoms with E-state index in [1.54, 1.807) is 17.7 Å². The summed E-state index contributed by atoms with van der Waals surface area (Å²) in [5, 5.41) is 6.72. The summed E-state index contributed by atoms with van der Waals surface area (Å²) in [7, 11) is 0. The molecule has 0 saturated heterocycles. The largest absolute Gasteiger partial charge is 0.369 e. The lowest BCUT2D eigenvalue weighted by molar-refractivity contribution is 1.00. The van der Waals surface area contributed by atoms with E-state index in [4.69, 9.17) is 0 Å². The molecule has 0 atom stereocenters. The number of aromatic nitrogens is 2. The van der Waals surface area contributed by atoms with Gasteiger partial charge in [0.2, 0.25) is 0 Å². The zero-order valence-electron chi connectivity index (χ0n) is 11.7. The molecule has 3 rings (SSSR count). The van der Waals surface area contributed by atoms with Crippen LogP contribution in [0.15, 0.2) is 36.0 Å². The molecule has 0 bridgehead atoms. The SMILES string of the molecule is Cc1cccc(CCNc2ncnc3scc(C)c23)c1. The zero-order chi connectivity index (χ0) is 13.9. The molecule has 0 radical (unpaired) electrons. The Morgan fingerprint density at radius 3 is 2.95 bits per heavy atom. The first kappa shape index (κ1) is 13.1. The van der Waals surface area contributed by atoms with Crippen molar-refractivity contribution in [1.29, 1.82) is 0 Å². The van der Waals surface area contributed by atoms with Crippen LogP contribution in [0.4, 0.5) is 5.82 Å². The van der Waals surface area contributed by atoms with E-state index in [9.17, 15) is 0 Å². The van der Waals surface area contributed by atoms with Gasteiger partial charge in [-0.1, -0.05) is 29.8 Å². The quantitative estimate of drug-likeness (QED) is 0.787. The number of nitrogens with one attached hydrogen (secondary N) is 1. The van der Waals surface area contributed by atoms with Gasteiger partial charge < -0.3 is 5.32 Å². The highest BCUT2D eigenvalue weighted by Crippen LogP contribution is 2.28. The van der Waals surface area contributed by atoms with E-state index < -0.39 is 0 Å². The molecule has 0 spiro atoms. The molecular formula is C16H17N3S. The highest BCUT2D eigenvalue weighted by molar-refractivity contribution is 7.17. The van der Waals surface area contributed by atoms with Crippen molar-refractivity contribution >= 4 is 27.4 Å². The summed E-state index contributed by atoms with van der Waals surface area (Å²) in [6.07, 6.45) is 2.63. The Morgan fingerprint density at radius 2 is 2.10 bits per heavy atom. The third-order valence-corrected chi connectivity index (χ3v) is 4.35. The van der Waals surface area contributed by atoms with Crippen molar-refractivity contribution < 1.29 is 0 Å². The average molecular weight is 283 g/mol. The van der Waals surface area contributed by atoms with E-state index in [2.05, 4.69) is 58.8 Å². The lowest BCUT2D eigenvalue weighted by atomic mass is 10.1. The Hall–Kier alpha value is -1.94. The van der Waals surface area contributed by atoms with Gasteiger partial charge in [-0.2, -0.15) is 0 Å². The summed E-state index contributed by atoms with van der Waals surface area (Å²) in [5.74, 6) is 0.946. The first-order chi connectivity index (χ1) is 9.74. The number of anilines is 1. The molecule has 2 aromatic heterocycles. The maximum atomic E-state index is 4.37. The van der Waals surface area contributed by atoms with Crippen molar-refractivity contribution in [3.63, 3.8) is 0 Å². The van der Waals surface area contributed by atoms with Crippen LogP contribution in [0, 0.1) is 13.8 Å². The number of rotatable bonds is 4. The molecule has 0 unspecified atom stereocenters. The third kappa shape index (κ3) is 2.65. The Balaban J connectivity index is 1.73. The minimum absolute atomic E-state index is 0.880. The fraction of sp³-hybridized carbons (Fsp3) is 0.250. The smallest absolute Gasteiger partial charge is 0.138 e. The predicted octanol–water partition coefficient (Wildman–Crippen LogP) is 3.96. The normalized spacial score (nSPS) is 10.9. The standard InChI is InChI=1S/C16H17N3S/c1-11-4-3-5-13(8-11)6-7-17-15-14-12(2)9-20-16(14)19-10-18-15/h3-5,8-10H,6-7H2,1-2H3,(H,17,18,19). The Bertz CT molecular complexity index is 733. The molecule has 0 aliphatic heterocycles. The van der Waals surface area contributed by atoms with Crippen molar-refractivity contribution in [1.82, 2.24) is 9.97 Å². The number of hydrogen-bond donors (Lipinski definition) is 1. The van der Waals surface area contributed by atoms with Crippen LogP contribution in [0.5, 0.6) is 0 Å². The minimum atomic E-state index is 0.880. The van der Waals surface area contributed by atoms with Gasteiger partial charge in [-0.25, -0.2) is 9.97 Å². The molecule has 0 fully saturated rings. The van der Waals surface area contributed by atoms with Gasteiger partial charge in [0, 0.05) is 6.54 Å². The van der Waals surface area contributed by atoms with Crippen molar-refractivity contribution in [2.45, 2.75) is 20.3 Å². The Labute approximate surface area is 122 Å². The monoisotopic (exact) mass is 283 g/mol. The Kier molecular flexibility index (Phi) is 3.65. The van der Waals surface area contributed by atoms with E-state index in [-0.39, 0.29) is 0 Å². The highest BCUT2D eigenvalue weighted by Gasteiger charge is 2.07. The number of nitrogens with zero attached hydrogens (tertiary/aromatic N) is 2. The number of hydrogen-bond acceptors (Lipinski definition) is 4. The molecule has 0 amide bonds. The van der Waals surface area contributed by atoms with Crippen LogP contribution in [0.2, 0.25) is 0 Å². The van der Waals surface area contributed by atoms with Crippen LogP contribution >= 0.6 is 11.3 Å². The van der Waals surface area contributed by atoms with Crippen LogP contribution in [0.25, 0.3) is 10.2 Å². The molecule has 0 aliphatic rings. The maximum absolute atomic E-state index is 4.37. The van der Waals surface area contributed by atoms with Crippen molar-refractivity contribution in [2.75, 3.05) is 11.9 Å². The predicted molar refractivity (Wildman–Crippen MR) is 85.5 cm³/mol. The maximum Gasteiger partial charge on any atom is 0.138 e. The summed E-state index contributed by atoms with van der Waals surface area (Å²) >= 11 is 1.67. The molecule has 0 saturated carbocycles. The van der Waals surface area contributed by atoms with E-state index in [1.807, 2.05) is 0 Å². The Morgan fingerprint density at radius 1 is 1.20 bits per heavy atom. The second-order valence-corrected chi connectivity index (χ2v) is 5.85. The van der Waals surface area contributed by atoms with Crippen molar-refractivity contribution in [2.24, 2.45) is 0 Å². The van der Waals surface area contributed by atoms with Gasteiger partial charge in [0.1, 0.15) is 17.0 Å². The van der Waals surface area contributed by atoms with E-state index >= 15 is 0 Å². The van der Waals surface area contributed by atoms with Crippen LogP contribution in [0.1, 0.15) is 16.7 Å². The lowest BCUT2D eigenvalue weighted by Crippen LogP contribution is -2.07. The van der Waals surface area contributed by atoms with Crippen LogP contribution in [0.3, 0.4) is 0 Å². The average Bonchev–Trinajstić information content (AvgIpc) is 2.82. The molecule has 2 heterocycles. The number of thiophene rings is 1. The second-order valence-electron chi connectivity index (χ2n) is 4.99. The number of aryl methyl sites for hydroxylation is 2. The van der Waals surface area contributed by atoms with Crippen molar-refractivity contribution in [3.05, 3.63) is 52.7 Å². The summed E-state index contributed by atoms with van der Waals surface area (Å²) in [6, 6.07) is 8.63. The van der Waals surface area contributed by atoms with Gasteiger partial charge in [0.15, 0.2) is 0 Å². The number of fused-ring (bicyclic) bond motifs is 1. The highest BCUT2D eigenvalue weighted by atomic mass is 32.1. The third-order valence-electron chi connectivity index (χ3n) is 3.34. The van der Waals surface area contributed by atoms with Gasteiger partial charge in [0.25, 0.3) is 0 Å². The van der Waals surface area contributed by atoms with Gasteiger partial charge in [-0.15, -0.1) is 11.3 Å². The van der Waals surface area contributed by atoms with Gasteiger partial charge in [-0.3, -0.25) is 0 Å². The van der Waals surface area contributed by atoms with Gasteiger partial charge in [0.05, 0.1) is 5.39 Å². The summed E-state index contributed by atoms with van der Waals surface area (Å²) < 4.78 is 0. The summed E-state index contributed by atoms with van der Waals surface area (Å²) in [5.41, 5.74) is 3.90. The lowest BCUT2D eigenvalue weighted by Gasteiger charge is -2.07. The second kappa shape index (κ2) is 5.59. The molecule has 20 heavy (non-hydrogen) atoms. The fourth-order valence-electron chi connectivity index (χ4n) is 2.34. The van der Waals surface area contributed by atoms with Crippen LogP contribution in [-0.4, -0.2) is 16.5 Å². The molecule has 4 heteroatoms. The first-order valence-corrected chi connectivity index (χ1v) is 7.60.